The molecule has 11 aromatic heterocycles. The zero-order valence-electron chi connectivity index (χ0n) is 82.8. The summed E-state index contributed by atoms with van der Waals surface area (Å²) in [6.45, 7) is 42.0. The maximum absolute atomic E-state index is 7.27. The van der Waals surface area contributed by atoms with E-state index < -0.39 is 0 Å². The number of nitrogens with one attached hydrogen (secondary N) is 2. The summed E-state index contributed by atoms with van der Waals surface area (Å²) in [5.41, 5.74) is 30.6. The highest BCUT2D eigenvalue weighted by Crippen LogP contribution is 2.53. The zero-order chi connectivity index (χ0) is 98.2. The van der Waals surface area contributed by atoms with Gasteiger partial charge in [-0.15, -0.1) is 90.7 Å². The van der Waals surface area contributed by atoms with Crippen molar-refractivity contribution in [2.24, 2.45) is 0 Å². The summed E-state index contributed by atoms with van der Waals surface area (Å²) in [5, 5.41) is 2.78. The fourth-order valence-corrected chi connectivity index (χ4v) is 29.9. The highest BCUT2D eigenvalue weighted by atomic mass is 32.1. The van der Waals surface area contributed by atoms with Crippen molar-refractivity contribution in [2.45, 2.75) is 111 Å². The summed E-state index contributed by atoms with van der Waals surface area (Å²) in [6, 6.07) is 77.2. The predicted molar refractivity (Wildman–Crippen MR) is 609 cm³/mol. The van der Waals surface area contributed by atoms with E-state index in [0.717, 1.165) is 85.9 Å². The Labute approximate surface area is 868 Å². The Balaban J connectivity index is 0.629. The number of aromatic nitrogens is 8. The molecule has 0 radical (unpaired) electrons. The van der Waals surface area contributed by atoms with Gasteiger partial charge >= 0.3 is 0 Å². The van der Waals surface area contributed by atoms with Gasteiger partial charge in [-0.2, -0.15) is 0 Å². The molecule has 17 heterocycles. The van der Waals surface area contributed by atoms with Crippen LogP contribution in [0.3, 0.4) is 0 Å². The van der Waals surface area contributed by atoms with E-state index in [0.29, 0.717) is 125 Å². The molecule has 24 heteroatoms. The van der Waals surface area contributed by atoms with Crippen molar-refractivity contribution in [1.82, 2.24) is 39.9 Å². The Hall–Kier alpha value is -13.9. The first kappa shape index (κ1) is 91.3. The SMILES string of the molecule is Cc1cc(C2=C(c3cc(C)sc3C)CN(c3ccc(Oc4cccc5c4-c4nc-5nc5[nH]c(nc6nc(nc7[nH]c(n4)c4cccc(Oc8ccc(N9CC(c%10cc(C)sc%10C)=C(c%10cc(C)sc%10C)C9)cc8)c74)-c4cccc(Oc7ccc(N8CC(c9cc(C)sc9C)=C(c9cc(C)sc9C)C8)cc7)c4-6)c4cccc(Oc6ccc(N7CC(c8cc(C)sc8C)=C(c8cc(C)sc8C)C7)cc6)c54)cc3)C2)c(C)s1. The maximum atomic E-state index is 7.27. The summed E-state index contributed by atoms with van der Waals surface area (Å²) >= 11 is 14.9. The number of hydrogen-bond acceptors (Lipinski definition) is 22. The first-order valence-corrected chi connectivity index (χ1v) is 55.2. The predicted octanol–water partition coefficient (Wildman–Crippen LogP) is 33.2. The van der Waals surface area contributed by atoms with E-state index in [1.165, 1.54) is 167 Å². The van der Waals surface area contributed by atoms with Crippen LogP contribution in [-0.2, 0) is 0 Å². The van der Waals surface area contributed by atoms with Gasteiger partial charge < -0.3 is 48.5 Å². The summed E-state index contributed by atoms with van der Waals surface area (Å²) in [7, 11) is 0. The number of H-pyrrole nitrogens is 2. The number of nitrogens with zero attached hydrogens (tertiary/aromatic N) is 10. The number of aryl methyl sites for hydroxylation is 16. The first-order chi connectivity index (χ1) is 69.8. The second-order valence-corrected chi connectivity index (χ2v) is 50.3. The second kappa shape index (κ2) is 36.1. The molecule has 0 spiro atoms. The van der Waals surface area contributed by atoms with Crippen LogP contribution in [0.15, 0.2) is 218 Å². The molecular formula is C120H102N12O4S8. The molecule has 16 nitrogen and oxygen atoms in total. The number of aromatic amines is 2. The van der Waals surface area contributed by atoms with Gasteiger partial charge in [0.2, 0.25) is 0 Å². The van der Waals surface area contributed by atoms with Crippen LogP contribution in [0.5, 0.6) is 46.0 Å². The first-order valence-electron chi connectivity index (χ1n) is 48.7. The van der Waals surface area contributed by atoms with Gasteiger partial charge in [-0.25, -0.2) is 29.9 Å². The van der Waals surface area contributed by atoms with Crippen molar-refractivity contribution in [3.05, 3.63) is 341 Å². The molecule has 19 aromatic rings. The number of hydrogen-bond donors (Lipinski definition) is 2. The number of ether oxygens (including phenoxy) is 4. The number of benzene rings is 8. The molecule has 8 aromatic carbocycles. The molecule has 8 bridgehead atoms. The molecule has 6 aliphatic rings. The van der Waals surface area contributed by atoms with E-state index in [9.17, 15) is 0 Å². The number of anilines is 4. The lowest BCUT2D eigenvalue weighted by Gasteiger charge is -2.20. The number of fused-ring (bicyclic) bond motifs is 20. The highest BCUT2D eigenvalue weighted by Gasteiger charge is 2.36. The van der Waals surface area contributed by atoms with Gasteiger partial charge in [-0.05, 0) is 370 Å². The Morgan fingerprint density at radius 3 is 0.646 bits per heavy atom. The molecule has 0 aliphatic carbocycles. The highest BCUT2D eigenvalue weighted by molar-refractivity contribution is 7.14. The Morgan fingerprint density at radius 2 is 0.424 bits per heavy atom. The largest absolute Gasteiger partial charge is 0.457 e. The summed E-state index contributed by atoms with van der Waals surface area (Å²) in [6.07, 6.45) is 0. The second-order valence-electron chi connectivity index (χ2n) is 38.6. The molecule has 0 amide bonds. The van der Waals surface area contributed by atoms with Crippen LogP contribution in [0.2, 0.25) is 0 Å². The lowest BCUT2D eigenvalue weighted by molar-refractivity contribution is 0.484. The molecule has 0 saturated heterocycles. The fourth-order valence-electron chi connectivity index (χ4n) is 22.3. The van der Waals surface area contributed by atoms with Crippen LogP contribution in [0.4, 0.5) is 22.7 Å². The van der Waals surface area contributed by atoms with Crippen LogP contribution >= 0.6 is 90.7 Å². The standard InChI is InChI=1S/C120H102N12O4S8/c1-61-45-89(69(9)137-61)97-53-129(54-98(97)90-46-62(2)138-70(90)10)77-29-37-81(38-30-77)133-105-25-17-21-85-109(105)117-121-113(85)126-118-111-87(23-19-27-107(111)135-83-41-33-79(34-42-83)131-57-101(93-49-65(5)141-73(93)13)102(58-131)94-50-66(6)142-74(94)14)115(123-118)128-120-112-88(24-20-28-108(112)136-84-43-35-80(36-44-84)132-59-103(95-51-67(7)143-75(95)15)104(60-132)96-52-68(8)144-76(96)16)116(124-120)127-119-110-86(114(122-119)125-117)22-18-26-106(110)134-82-39-31-78(32-40-82)130-55-99(91-47-63(3)139-71(91)11)100(56-130)92-48-64(4)140-72(92)12/h17-52H,53-60H2,1-16H3,(H2,121,122,123,124,125,126,127,128). The average molecular weight is 2030 g/mol. The number of thiophene rings is 8. The third-order valence-electron chi connectivity index (χ3n) is 28.7. The van der Waals surface area contributed by atoms with Gasteiger partial charge in [0.05, 0.1) is 21.9 Å². The van der Waals surface area contributed by atoms with Gasteiger partial charge in [0, 0.05) is 175 Å². The molecule has 144 heavy (non-hydrogen) atoms. The Kier molecular flexibility index (Phi) is 22.9. The van der Waals surface area contributed by atoms with Crippen molar-refractivity contribution in [2.75, 3.05) is 72.0 Å². The monoisotopic (exact) mass is 2030 g/mol. The molecule has 0 atom stereocenters. The van der Waals surface area contributed by atoms with Crippen LogP contribution in [0.1, 0.15) is 123 Å². The molecule has 0 fully saturated rings. The summed E-state index contributed by atoms with van der Waals surface area (Å²) in [5.74, 6) is 6.22. The smallest absolute Gasteiger partial charge is 0.168 e. The van der Waals surface area contributed by atoms with Crippen LogP contribution in [0.25, 0.3) is 134 Å². The summed E-state index contributed by atoms with van der Waals surface area (Å²) in [4.78, 5) is 72.8. The third kappa shape index (κ3) is 16.5. The van der Waals surface area contributed by atoms with E-state index >= 15 is 0 Å². The number of rotatable bonds is 20. The fraction of sp³-hybridized carbons (Fsp3) is 0.200. The van der Waals surface area contributed by atoms with Crippen molar-refractivity contribution >= 4 is 202 Å². The topological polar surface area (TPSA) is 159 Å². The minimum Gasteiger partial charge on any atom is -0.457 e. The van der Waals surface area contributed by atoms with Gasteiger partial charge in [-0.3, -0.25) is 0 Å². The van der Waals surface area contributed by atoms with Gasteiger partial charge in [-0.1, -0.05) is 48.5 Å². The maximum Gasteiger partial charge on any atom is 0.168 e. The van der Waals surface area contributed by atoms with Crippen LogP contribution < -0.4 is 38.5 Å². The Morgan fingerprint density at radius 1 is 0.215 bits per heavy atom. The van der Waals surface area contributed by atoms with Crippen molar-refractivity contribution in [1.29, 1.82) is 0 Å². The molecule has 714 valence electrons. The zero-order valence-corrected chi connectivity index (χ0v) is 89.3. The molecule has 6 aliphatic heterocycles. The van der Waals surface area contributed by atoms with E-state index in [4.69, 9.17) is 48.9 Å². The lowest BCUT2D eigenvalue weighted by atomic mass is 9.97. The molecule has 25 rings (SSSR count). The quantitative estimate of drug-likeness (QED) is 0.0742. The molecular weight excluding hydrogens is 1930 g/mol. The van der Waals surface area contributed by atoms with Crippen molar-refractivity contribution in [3.63, 3.8) is 0 Å². The average Bonchev–Trinajstić information content (AvgIpc) is 1.99. The van der Waals surface area contributed by atoms with Crippen LogP contribution in [0, 0.1) is 111 Å². The normalized spacial score (nSPS) is 14.3. The van der Waals surface area contributed by atoms with Gasteiger partial charge in [0.15, 0.2) is 23.3 Å². The van der Waals surface area contributed by atoms with E-state index in [2.05, 4.69) is 298 Å². The van der Waals surface area contributed by atoms with E-state index in [1.807, 2.05) is 151 Å². The minimum absolute atomic E-state index is 0.357. The van der Waals surface area contributed by atoms with Gasteiger partial charge in [0.1, 0.15) is 68.6 Å². The van der Waals surface area contributed by atoms with Crippen LogP contribution in [-0.4, -0.2) is 92.2 Å². The van der Waals surface area contributed by atoms with Crippen molar-refractivity contribution in [3.8, 4) is 91.5 Å². The van der Waals surface area contributed by atoms with E-state index in [1.54, 1.807) is 0 Å². The molecule has 0 unspecified atom stereocenters. The van der Waals surface area contributed by atoms with Crippen molar-refractivity contribution < 1.29 is 18.9 Å². The summed E-state index contributed by atoms with van der Waals surface area (Å²) < 4.78 is 29.1. The third-order valence-corrected chi connectivity index (χ3v) is 36.4. The minimum atomic E-state index is 0.357. The van der Waals surface area contributed by atoms with E-state index in [-0.39, 0.29) is 0 Å². The van der Waals surface area contributed by atoms with Gasteiger partial charge in [0.25, 0.3) is 0 Å². The lowest BCUT2D eigenvalue weighted by Crippen LogP contribution is -2.20. The Bertz CT molecular complexity index is 8130. The molecule has 0 saturated carbocycles. The molecule has 2 N–H and O–H groups in total.